The summed E-state index contributed by atoms with van der Waals surface area (Å²) >= 11 is 6.36. The fourth-order valence-electron chi connectivity index (χ4n) is 6.40. The Hall–Kier alpha value is -4.22. The average molecular weight is 752 g/mol. The molecule has 3 atom stereocenters. The van der Waals surface area contributed by atoms with Gasteiger partial charge in [-0.2, -0.15) is 31.4 Å². The van der Waals surface area contributed by atoms with Gasteiger partial charge in [-0.05, 0) is 48.8 Å². The van der Waals surface area contributed by atoms with Crippen molar-refractivity contribution in [3.8, 4) is 5.69 Å². The first-order valence-corrected chi connectivity index (χ1v) is 16.0. The van der Waals surface area contributed by atoms with Crippen LogP contribution < -0.4 is 11.1 Å². The SMILES string of the molecule is CC(C)(C)C[C@]1(C2(C)C=CC(C(F)(F)F)=CC2)N=C(N)N([C@H](COC(=O)NC2(C(F)(F)F)CC2)c2ccc(Cl)c(-n3ncnc3C(F)F)c2)C1=O. The molecule has 0 radical (unpaired) electrons. The maximum absolute atomic E-state index is 14.8. The number of aromatic nitrogens is 3. The van der Waals surface area contributed by atoms with Crippen molar-refractivity contribution in [3.05, 3.63) is 64.7 Å². The second-order valence-corrected chi connectivity index (χ2v) is 14.6. The van der Waals surface area contributed by atoms with Gasteiger partial charge in [0.25, 0.3) is 12.3 Å². The Morgan fingerprint density at radius 3 is 2.33 bits per heavy atom. The van der Waals surface area contributed by atoms with Crippen LogP contribution in [0.25, 0.3) is 5.69 Å². The van der Waals surface area contributed by atoms with Gasteiger partial charge in [0.05, 0.1) is 22.3 Å². The van der Waals surface area contributed by atoms with E-state index in [1.165, 1.54) is 24.3 Å². The Labute approximate surface area is 291 Å². The predicted octanol–water partition coefficient (Wildman–Crippen LogP) is 7.51. The van der Waals surface area contributed by atoms with Crippen LogP contribution in [0.5, 0.6) is 0 Å². The third-order valence-corrected chi connectivity index (χ3v) is 9.55. The quantitative estimate of drug-likeness (QED) is 0.256. The number of alkyl halides is 8. The Bertz CT molecular complexity index is 1800. The second kappa shape index (κ2) is 12.8. The third-order valence-electron chi connectivity index (χ3n) is 9.23. The third kappa shape index (κ3) is 7.15. The highest BCUT2D eigenvalue weighted by atomic mass is 35.5. The van der Waals surface area contributed by atoms with E-state index in [2.05, 4.69) is 15.1 Å². The maximum Gasteiger partial charge on any atom is 0.416 e. The summed E-state index contributed by atoms with van der Waals surface area (Å²) in [6.45, 7) is 6.09. The summed E-state index contributed by atoms with van der Waals surface area (Å²) in [6.07, 6.45) is -11.1. The van der Waals surface area contributed by atoms with E-state index in [9.17, 15) is 44.7 Å². The van der Waals surface area contributed by atoms with Crippen molar-refractivity contribution >= 4 is 29.6 Å². The van der Waals surface area contributed by atoms with E-state index in [0.717, 1.165) is 28.1 Å². The fourth-order valence-corrected chi connectivity index (χ4v) is 6.60. The van der Waals surface area contributed by atoms with Gasteiger partial charge < -0.3 is 15.8 Å². The van der Waals surface area contributed by atoms with E-state index in [1.807, 2.05) is 5.32 Å². The van der Waals surface area contributed by atoms with E-state index in [0.29, 0.717) is 0 Å². The zero-order valence-corrected chi connectivity index (χ0v) is 28.4. The Morgan fingerprint density at radius 1 is 1.14 bits per heavy atom. The number of carbonyl (C=O) groups excluding carboxylic acids is 2. The number of hydrogen-bond acceptors (Lipinski definition) is 7. The molecule has 3 aliphatic rings. The van der Waals surface area contributed by atoms with Crippen LogP contribution in [0.4, 0.5) is 39.9 Å². The molecule has 278 valence electrons. The molecule has 10 nitrogen and oxygen atoms in total. The van der Waals surface area contributed by atoms with Crippen LogP contribution in [0, 0.1) is 10.8 Å². The standard InChI is InChI=1S/C32H34ClF8N7O3/c1-27(2,3)15-30(28(4)9-7-18(8-10-28)31(36,37)38)24(49)47(25(42)45-30)21(14-51-26(50)46-29(11-12-29)32(39,40)41)17-5-6-19(33)20(13-17)48-23(22(34)35)43-16-44-48/h5-9,13,16,21-22H,10-12,14-15H2,1-4H3,(H2,42,45)(H,46,50)/t21-,28?,30+/m1/s1. The number of allylic oxidation sites excluding steroid dienone is 3. The van der Waals surface area contributed by atoms with Gasteiger partial charge in [0, 0.05) is 5.41 Å². The van der Waals surface area contributed by atoms with Gasteiger partial charge in [-0.3, -0.25) is 9.69 Å². The van der Waals surface area contributed by atoms with E-state index in [4.69, 9.17) is 22.1 Å². The lowest BCUT2D eigenvalue weighted by atomic mass is 9.61. The van der Waals surface area contributed by atoms with Gasteiger partial charge >= 0.3 is 18.4 Å². The Balaban J connectivity index is 1.59. The molecule has 2 aromatic rings. The largest absolute Gasteiger partial charge is 0.447 e. The minimum absolute atomic E-state index is 0.0309. The summed E-state index contributed by atoms with van der Waals surface area (Å²) in [5.41, 5.74) is -0.914. The first-order chi connectivity index (χ1) is 23.4. The zero-order chi connectivity index (χ0) is 37.9. The molecule has 5 rings (SSSR count). The summed E-state index contributed by atoms with van der Waals surface area (Å²) in [6, 6.07) is 2.39. The molecule has 2 aliphatic carbocycles. The highest BCUT2D eigenvalue weighted by molar-refractivity contribution is 6.32. The molecule has 0 saturated heterocycles. The van der Waals surface area contributed by atoms with Crippen LogP contribution in [0.2, 0.25) is 5.02 Å². The van der Waals surface area contributed by atoms with Crippen molar-refractivity contribution in [2.75, 3.05) is 6.61 Å². The molecule has 0 bridgehead atoms. The van der Waals surface area contributed by atoms with Crippen molar-refractivity contribution in [1.82, 2.24) is 25.0 Å². The summed E-state index contributed by atoms with van der Waals surface area (Å²) < 4.78 is 115. The number of benzene rings is 1. The number of nitrogens with two attached hydrogens (primary N) is 1. The monoisotopic (exact) mass is 751 g/mol. The molecule has 1 aliphatic heterocycles. The van der Waals surface area contributed by atoms with Crippen molar-refractivity contribution < 1.29 is 49.4 Å². The lowest BCUT2D eigenvalue weighted by molar-refractivity contribution is -0.164. The number of rotatable bonds is 9. The van der Waals surface area contributed by atoms with Gasteiger partial charge in [0.15, 0.2) is 17.3 Å². The number of nitrogens with one attached hydrogen (secondary N) is 1. The molecule has 2 heterocycles. The highest BCUT2D eigenvalue weighted by Gasteiger charge is 2.65. The van der Waals surface area contributed by atoms with Gasteiger partial charge in [0.2, 0.25) is 0 Å². The van der Waals surface area contributed by atoms with E-state index < -0.39 is 82.7 Å². The molecule has 51 heavy (non-hydrogen) atoms. The summed E-state index contributed by atoms with van der Waals surface area (Å²) in [5.74, 6) is -2.02. The topological polar surface area (TPSA) is 128 Å². The number of amides is 2. The van der Waals surface area contributed by atoms with Gasteiger partial charge in [-0.15, -0.1) is 0 Å². The molecule has 1 fully saturated rings. The van der Waals surface area contributed by atoms with Gasteiger partial charge in [0.1, 0.15) is 18.5 Å². The summed E-state index contributed by atoms with van der Waals surface area (Å²) in [5, 5.41) is 5.55. The minimum atomic E-state index is -4.77. The van der Waals surface area contributed by atoms with E-state index >= 15 is 0 Å². The smallest absolute Gasteiger partial charge is 0.416 e. The number of hydrogen-bond donors (Lipinski definition) is 2. The number of ether oxygens (including phenoxy) is 1. The van der Waals surface area contributed by atoms with Crippen LogP contribution in [-0.4, -0.2) is 67.7 Å². The molecule has 1 aromatic carbocycles. The number of aliphatic imine (C=N–C) groups is 1. The van der Waals surface area contributed by atoms with Crippen molar-refractivity contribution in [1.29, 1.82) is 0 Å². The highest BCUT2D eigenvalue weighted by Crippen LogP contribution is 2.53. The molecule has 19 heteroatoms. The maximum atomic E-state index is 14.8. The van der Waals surface area contributed by atoms with Crippen LogP contribution in [-0.2, 0) is 9.53 Å². The molecular weight excluding hydrogens is 718 g/mol. The van der Waals surface area contributed by atoms with Gasteiger partial charge in [-0.25, -0.2) is 28.2 Å². The molecule has 0 spiro atoms. The Morgan fingerprint density at radius 2 is 1.80 bits per heavy atom. The summed E-state index contributed by atoms with van der Waals surface area (Å²) in [7, 11) is 0. The van der Waals surface area contributed by atoms with E-state index in [1.54, 1.807) is 27.7 Å². The minimum Gasteiger partial charge on any atom is -0.447 e. The number of guanidine groups is 1. The molecule has 2 amide bonds. The van der Waals surface area contributed by atoms with Crippen LogP contribution in [0.1, 0.15) is 77.2 Å². The molecule has 1 aromatic heterocycles. The number of alkyl carbamates (subject to hydrolysis) is 1. The van der Waals surface area contributed by atoms with Crippen LogP contribution >= 0.6 is 11.6 Å². The number of halogens is 9. The molecular formula is C32H34ClF8N7O3. The molecule has 1 saturated carbocycles. The lowest BCUT2D eigenvalue weighted by Crippen LogP contribution is -2.56. The normalized spacial score (nSPS) is 24.0. The van der Waals surface area contributed by atoms with Crippen molar-refractivity contribution in [2.45, 2.75) is 89.3 Å². The van der Waals surface area contributed by atoms with Crippen molar-refractivity contribution in [3.63, 3.8) is 0 Å². The first-order valence-electron chi connectivity index (χ1n) is 15.6. The van der Waals surface area contributed by atoms with Crippen LogP contribution in [0.15, 0.2) is 53.3 Å². The fraction of sp³-hybridized carbons (Fsp3) is 0.531. The number of nitrogens with zero attached hydrogens (tertiary/aromatic N) is 5. The average Bonchev–Trinajstić information content (AvgIpc) is 3.54. The van der Waals surface area contributed by atoms with E-state index in [-0.39, 0.29) is 42.0 Å². The number of carbonyl (C=O) groups is 2. The zero-order valence-electron chi connectivity index (χ0n) is 27.7. The lowest BCUT2D eigenvalue weighted by Gasteiger charge is -2.45. The first kappa shape index (κ1) is 38.0. The van der Waals surface area contributed by atoms with Crippen molar-refractivity contribution in [2.24, 2.45) is 21.6 Å². The predicted molar refractivity (Wildman–Crippen MR) is 168 cm³/mol. The summed E-state index contributed by atoms with van der Waals surface area (Å²) in [4.78, 5) is 36.7. The molecule has 1 unspecified atom stereocenters. The van der Waals surface area contributed by atoms with Gasteiger partial charge in [-0.1, -0.05) is 63.6 Å². The van der Waals surface area contributed by atoms with Crippen LogP contribution in [0.3, 0.4) is 0 Å². The second-order valence-electron chi connectivity index (χ2n) is 14.2. The Kier molecular flexibility index (Phi) is 9.52. The molecule has 3 N–H and O–H groups in total.